The van der Waals surface area contributed by atoms with E-state index in [0.29, 0.717) is 30.2 Å². The third kappa shape index (κ3) is 3.99. The number of aromatic nitrogens is 1. The molecule has 0 fully saturated rings. The number of H-pyrrole nitrogens is 1. The lowest BCUT2D eigenvalue weighted by molar-refractivity contribution is 0.0737. The minimum Gasteiger partial charge on any atom is -0.396 e. The molecule has 0 aliphatic rings. The molecule has 2 aromatic rings. The Hall–Kier alpha value is -1.52. The summed E-state index contributed by atoms with van der Waals surface area (Å²) in [5, 5.41) is 10.6. The lowest BCUT2D eigenvalue weighted by atomic mass is 10.2. The number of carbonyl (C=O) groups excluding carboxylic acids is 1. The summed E-state index contributed by atoms with van der Waals surface area (Å²) < 4.78 is 0. The highest BCUT2D eigenvalue weighted by atomic mass is 35.5. The molecule has 0 unspecified atom stereocenters. The van der Waals surface area contributed by atoms with Crippen LogP contribution in [0.15, 0.2) is 24.3 Å². The number of halogens is 1. The molecule has 0 saturated heterocycles. The lowest BCUT2D eigenvalue weighted by Crippen LogP contribution is -2.33. The zero-order valence-corrected chi connectivity index (χ0v) is 13.0. The van der Waals surface area contributed by atoms with Crippen LogP contribution < -0.4 is 0 Å². The van der Waals surface area contributed by atoms with E-state index in [0.717, 1.165) is 23.7 Å². The smallest absolute Gasteiger partial charge is 0.270 e. The number of carbonyl (C=O) groups is 1. The minimum atomic E-state index is -0.0239. The number of fused-ring (bicyclic) bond motifs is 1. The van der Waals surface area contributed by atoms with Crippen molar-refractivity contribution in [1.29, 1.82) is 0 Å². The molecule has 5 heteroatoms. The van der Waals surface area contributed by atoms with Gasteiger partial charge < -0.3 is 15.0 Å². The van der Waals surface area contributed by atoms with Gasteiger partial charge in [-0.2, -0.15) is 0 Å². The van der Waals surface area contributed by atoms with Gasteiger partial charge in [0, 0.05) is 35.6 Å². The van der Waals surface area contributed by atoms with Crippen molar-refractivity contribution in [3.63, 3.8) is 0 Å². The quantitative estimate of drug-likeness (QED) is 0.823. The van der Waals surface area contributed by atoms with Crippen molar-refractivity contribution in [3.8, 4) is 0 Å². The van der Waals surface area contributed by atoms with Gasteiger partial charge >= 0.3 is 0 Å². The first-order chi connectivity index (χ1) is 10.2. The number of aliphatic hydroxyl groups is 1. The highest BCUT2D eigenvalue weighted by molar-refractivity contribution is 6.31. The standard InChI is InChI=1S/C16H21ClN2O2/c1-2-3-7-19(8-4-9-20)16(21)15-10-12-5-6-13(17)11-14(12)18-15/h5-6,10-11,18,20H,2-4,7-9H2,1H3. The van der Waals surface area contributed by atoms with Gasteiger partial charge in [-0.25, -0.2) is 0 Å². The predicted molar refractivity (Wildman–Crippen MR) is 85.8 cm³/mol. The number of hydrogen-bond acceptors (Lipinski definition) is 2. The molecule has 1 aromatic heterocycles. The lowest BCUT2D eigenvalue weighted by Gasteiger charge is -2.21. The summed E-state index contributed by atoms with van der Waals surface area (Å²) in [4.78, 5) is 17.5. The van der Waals surface area contributed by atoms with E-state index >= 15 is 0 Å². The molecule has 2 rings (SSSR count). The van der Waals surface area contributed by atoms with Gasteiger partial charge in [-0.3, -0.25) is 4.79 Å². The Bertz CT molecular complexity index is 601. The van der Waals surface area contributed by atoms with Crippen molar-refractivity contribution in [1.82, 2.24) is 9.88 Å². The van der Waals surface area contributed by atoms with Gasteiger partial charge in [0.1, 0.15) is 5.69 Å². The van der Waals surface area contributed by atoms with Gasteiger partial charge in [-0.05, 0) is 31.0 Å². The van der Waals surface area contributed by atoms with E-state index < -0.39 is 0 Å². The van der Waals surface area contributed by atoms with Gasteiger partial charge in [-0.1, -0.05) is 31.0 Å². The van der Waals surface area contributed by atoms with Crippen molar-refractivity contribution in [2.75, 3.05) is 19.7 Å². The Morgan fingerprint density at radius 3 is 2.76 bits per heavy atom. The number of benzene rings is 1. The van der Waals surface area contributed by atoms with Gasteiger partial charge in [0.25, 0.3) is 5.91 Å². The van der Waals surface area contributed by atoms with Crippen molar-refractivity contribution >= 4 is 28.4 Å². The first kappa shape index (κ1) is 15.9. The predicted octanol–water partition coefficient (Wildman–Crippen LogP) is 3.45. The fraction of sp³-hybridized carbons (Fsp3) is 0.438. The molecule has 0 bridgehead atoms. The van der Waals surface area contributed by atoms with Crippen LogP contribution in [0.25, 0.3) is 10.9 Å². The average molecular weight is 309 g/mol. The number of aliphatic hydroxyl groups excluding tert-OH is 1. The summed E-state index contributed by atoms with van der Waals surface area (Å²) in [5.74, 6) is -0.0239. The molecule has 1 amide bonds. The number of aromatic amines is 1. The average Bonchev–Trinajstić information content (AvgIpc) is 2.89. The molecule has 1 aromatic carbocycles. The van der Waals surface area contributed by atoms with Crippen LogP contribution in [-0.2, 0) is 0 Å². The Kier molecular flexibility index (Phi) is 5.65. The Balaban J connectivity index is 2.20. The number of nitrogens with one attached hydrogen (secondary N) is 1. The molecule has 0 spiro atoms. The zero-order chi connectivity index (χ0) is 15.2. The first-order valence-corrected chi connectivity index (χ1v) is 7.72. The molecule has 0 radical (unpaired) electrons. The second-order valence-electron chi connectivity index (χ2n) is 5.14. The zero-order valence-electron chi connectivity index (χ0n) is 12.2. The summed E-state index contributed by atoms with van der Waals surface area (Å²) in [6.07, 6.45) is 2.59. The van der Waals surface area contributed by atoms with Gasteiger partial charge in [0.05, 0.1) is 0 Å². The molecule has 114 valence electrons. The Morgan fingerprint density at radius 1 is 1.29 bits per heavy atom. The van der Waals surface area contributed by atoms with E-state index in [1.54, 1.807) is 4.90 Å². The van der Waals surface area contributed by atoms with Crippen LogP contribution >= 0.6 is 11.6 Å². The van der Waals surface area contributed by atoms with E-state index in [2.05, 4.69) is 11.9 Å². The molecule has 0 saturated carbocycles. The van der Waals surface area contributed by atoms with Crippen molar-refractivity contribution in [3.05, 3.63) is 35.0 Å². The maximum Gasteiger partial charge on any atom is 0.270 e. The fourth-order valence-electron chi connectivity index (χ4n) is 2.31. The van der Waals surface area contributed by atoms with Crippen LogP contribution in [0.1, 0.15) is 36.7 Å². The SMILES string of the molecule is CCCCN(CCCO)C(=O)c1cc2ccc(Cl)cc2[nH]1. The van der Waals surface area contributed by atoms with Crippen LogP contribution in [0, 0.1) is 0 Å². The maximum atomic E-state index is 12.6. The number of rotatable bonds is 7. The van der Waals surface area contributed by atoms with Gasteiger partial charge in [0.2, 0.25) is 0 Å². The third-order valence-corrected chi connectivity index (χ3v) is 3.70. The number of nitrogens with zero attached hydrogens (tertiary/aromatic N) is 1. The van der Waals surface area contributed by atoms with Crippen LogP contribution in [0.3, 0.4) is 0 Å². The largest absolute Gasteiger partial charge is 0.396 e. The number of hydrogen-bond donors (Lipinski definition) is 2. The normalized spacial score (nSPS) is 11.0. The highest BCUT2D eigenvalue weighted by Gasteiger charge is 2.17. The molecule has 0 atom stereocenters. The molecule has 4 nitrogen and oxygen atoms in total. The van der Waals surface area contributed by atoms with E-state index in [1.807, 2.05) is 24.3 Å². The summed E-state index contributed by atoms with van der Waals surface area (Å²) in [5.41, 5.74) is 1.43. The van der Waals surface area contributed by atoms with Crippen molar-refractivity contribution in [2.45, 2.75) is 26.2 Å². The minimum absolute atomic E-state index is 0.0239. The number of amides is 1. The molecule has 21 heavy (non-hydrogen) atoms. The van der Waals surface area contributed by atoms with E-state index in [4.69, 9.17) is 16.7 Å². The van der Waals surface area contributed by atoms with Crippen molar-refractivity contribution in [2.24, 2.45) is 0 Å². The summed E-state index contributed by atoms with van der Waals surface area (Å²) in [6, 6.07) is 7.38. The molecular weight excluding hydrogens is 288 g/mol. The molecule has 2 N–H and O–H groups in total. The fourth-order valence-corrected chi connectivity index (χ4v) is 2.48. The number of unbranched alkanes of at least 4 members (excludes halogenated alkanes) is 1. The molecule has 1 heterocycles. The van der Waals surface area contributed by atoms with Crippen LogP contribution in [0.5, 0.6) is 0 Å². The van der Waals surface area contributed by atoms with Crippen LogP contribution in [0.4, 0.5) is 0 Å². The topological polar surface area (TPSA) is 56.3 Å². The Labute approximate surface area is 129 Å². The monoisotopic (exact) mass is 308 g/mol. The van der Waals surface area contributed by atoms with Crippen LogP contribution in [0.2, 0.25) is 5.02 Å². The maximum absolute atomic E-state index is 12.6. The van der Waals surface area contributed by atoms with Crippen LogP contribution in [-0.4, -0.2) is 40.6 Å². The van der Waals surface area contributed by atoms with E-state index in [1.165, 1.54) is 0 Å². The second kappa shape index (κ2) is 7.48. The summed E-state index contributed by atoms with van der Waals surface area (Å²) in [7, 11) is 0. The Morgan fingerprint density at radius 2 is 2.05 bits per heavy atom. The summed E-state index contributed by atoms with van der Waals surface area (Å²) in [6.45, 7) is 3.48. The second-order valence-corrected chi connectivity index (χ2v) is 5.57. The summed E-state index contributed by atoms with van der Waals surface area (Å²) >= 11 is 5.96. The van der Waals surface area contributed by atoms with Gasteiger partial charge in [0.15, 0.2) is 0 Å². The molecule has 0 aliphatic heterocycles. The highest BCUT2D eigenvalue weighted by Crippen LogP contribution is 2.21. The van der Waals surface area contributed by atoms with E-state index in [-0.39, 0.29) is 12.5 Å². The third-order valence-electron chi connectivity index (χ3n) is 3.47. The van der Waals surface area contributed by atoms with Gasteiger partial charge in [-0.15, -0.1) is 0 Å². The first-order valence-electron chi connectivity index (χ1n) is 7.34. The van der Waals surface area contributed by atoms with E-state index in [9.17, 15) is 4.79 Å². The van der Waals surface area contributed by atoms with Crippen molar-refractivity contribution < 1.29 is 9.90 Å². The molecular formula is C16H21ClN2O2. The molecule has 0 aliphatic carbocycles.